The minimum Gasteiger partial charge on any atom is -0.127 e. The standard InChI is InChI=1S/C12H9Br2ClS/c1-7-6-10(16-12(7)15)11(14)8-4-2-3-5-9(8)13/h2-6,11H,1H3. The van der Waals surface area contributed by atoms with Crippen LogP contribution in [0, 0.1) is 6.92 Å². The van der Waals surface area contributed by atoms with E-state index in [9.17, 15) is 0 Å². The smallest absolute Gasteiger partial charge is 0.0960 e. The van der Waals surface area contributed by atoms with E-state index in [2.05, 4.69) is 44.0 Å². The van der Waals surface area contributed by atoms with Gasteiger partial charge in [0.15, 0.2) is 0 Å². The summed E-state index contributed by atoms with van der Waals surface area (Å²) in [5.74, 6) is 0. The van der Waals surface area contributed by atoms with Crippen molar-refractivity contribution in [1.82, 2.24) is 0 Å². The number of hydrogen-bond donors (Lipinski definition) is 0. The molecule has 1 heterocycles. The van der Waals surface area contributed by atoms with Gasteiger partial charge in [0, 0.05) is 9.35 Å². The highest BCUT2D eigenvalue weighted by atomic mass is 79.9. The van der Waals surface area contributed by atoms with Crippen LogP contribution in [0.3, 0.4) is 0 Å². The van der Waals surface area contributed by atoms with E-state index in [0.717, 1.165) is 14.4 Å². The summed E-state index contributed by atoms with van der Waals surface area (Å²) in [6, 6.07) is 10.3. The highest BCUT2D eigenvalue weighted by molar-refractivity contribution is 9.11. The molecule has 1 aromatic carbocycles. The van der Waals surface area contributed by atoms with Crippen molar-refractivity contribution in [2.24, 2.45) is 0 Å². The Morgan fingerprint density at radius 1 is 1.31 bits per heavy atom. The molecule has 0 aliphatic rings. The van der Waals surface area contributed by atoms with E-state index in [1.165, 1.54) is 10.4 Å². The van der Waals surface area contributed by atoms with Gasteiger partial charge in [0.25, 0.3) is 0 Å². The van der Waals surface area contributed by atoms with E-state index in [1.54, 1.807) is 11.3 Å². The lowest BCUT2D eigenvalue weighted by Gasteiger charge is -2.09. The van der Waals surface area contributed by atoms with E-state index < -0.39 is 0 Å². The van der Waals surface area contributed by atoms with E-state index in [-0.39, 0.29) is 4.83 Å². The lowest BCUT2D eigenvalue weighted by atomic mass is 10.1. The Balaban J connectivity index is 2.39. The lowest BCUT2D eigenvalue weighted by molar-refractivity contribution is 1.20. The molecule has 0 saturated carbocycles. The van der Waals surface area contributed by atoms with E-state index >= 15 is 0 Å². The van der Waals surface area contributed by atoms with Gasteiger partial charge in [-0.25, -0.2) is 0 Å². The van der Waals surface area contributed by atoms with Crippen LogP contribution in [0.2, 0.25) is 4.34 Å². The van der Waals surface area contributed by atoms with Crippen molar-refractivity contribution in [2.75, 3.05) is 0 Å². The first-order chi connectivity index (χ1) is 7.59. The Morgan fingerprint density at radius 2 is 2.00 bits per heavy atom. The molecule has 0 fully saturated rings. The average molecular weight is 381 g/mol. The Hall–Kier alpha value is 0.170. The molecule has 1 aromatic heterocycles. The van der Waals surface area contributed by atoms with Crippen LogP contribution >= 0.6 is 54.8 Å². The van der Waals surface area contributed by atoms with Crippen molar-refractivity contribution in [2.45, 2.75) is 11.8 Å². The second-order valence-corrected chi connectivity index (χ2v) is 6.95. The molecule has 16 heavy (non-hydrogen) atoms. The van der Waals surface area contributed by atoms with Crippen LogP contribution in [0.5, 0.6) is 0 Å². The van der Waals surface area contributed by atoms with Crippen LogP contribution in [0.15, 0.2) is 34.8 Å². The molecular weight excluding hydrogens is 371 g/mol. The molecule has 0 aliphatic heterocycles. The van der Waals surface area contributed by atoms with Gasteiger partial charge in [0.1, 0.15) is 0 Å². The SMILES string of the molecule is Cc1cc(C(Br)c2ccccc2Br)sc1Cl. The summed E-state index contributed by atoms with van der Waals surface area (Å²) < 4.78 is 1.98. The van der Waals surface area contributed by atoms with Crippen LogP contribution in [0.4, 0.5) is 0 Å². The lowest BCUT2D eigenvalue weighted by Crippen LogP contribution is -1.90. The molecule has 1 atom stereocenters. The largest absolute Gasteiger partial charge is 0.127 e. The summed E-state index contributed by atoms with van der Waals surface area (Å²) in [6.45, 7) is 2.03. The van der Waals surface area contributed by atoms with Crippen LogP contribution in [-0.2, 0) is 0 Å². The third-order valence-corrected chi connectivity index (χ3v) is 5.94. The quantitative estimate of drug-likeness (QED) is 0.564. The van der Waals surface area contributed by atoms with Crippen molar-refractivity contribution in [3.8, 4) is 0 Å². The topological polar surface area (TPSA) is 0 Å². The van der Waals surface area contributed by atoms with Crippen molar-refractivity contribution < 1.29 is 0 Å². The molecule has 0 radical (unpaired) electrons. The van der Waals surface area contributed by atoms with Gasteiger partial charge in [-0.05, 0) is 30.2 Å². The molecule has 4 heteroatoms. The molecule has 0 bridgehead atoms. The highest BCUT2D eigenvalue weighted by Gasteiger charge is 2.16. The maximum Gasteiger partial charge on any atom is 0.0960 e. The zero-order valence-electron chi connectivity index (χ0n) is 8.51. The molecule has 2 aromatic rings. The van der Waals surface area contributed by atoms with Gasteiger partial charge < -0.3 is 0 Å². The number of thiophene rings is 1. The summed E-state index contributed by atoms with van der Waals surface area (Å²) >= 11 is 15.0. The zero-order valence-corrected chi connectivity index (χ0v) is 13.3. The molecule has 0 aliphatic carbocycles. The summed E-state index contributed by atoms with van der Waals surface area (Å²) in [6.07, 6.45) is 0. The zero-order chi connectivity index (χ0) is 11.7. The number of hydrogen-bond acceptors (Lipinski definition) is 1. The van der Waals surface area contributed by atoms with Crippen molar-refractivity contribution in [3.63, 3.8) is 0 Å². The maximum atomic E-state index is 6.09. The monoisotopic (exact) mass is 378 g/mol. The number of halogens is 3. The Morgan fingerprint density at radius 3 is 2.56 bits per heavy atom. The van der Waals surface area contributed by atoms with Gasteiger partial charge >= 0.3 is 0 Å². The van der Waals surface area contributed by atoms with Crippen LogP contribution in [0.1, 0.15) is 20.8 Å². The van der Waals surface area contributed by atoms with Gasteiger partial charge in [0.05, 0.1) is 9.16 Å². The van der Waals surface area contributed by atoms with Crippen molar-refractivity contribution in [1.29, 1.82) is 0 Å². The molecule has 0 N–H and O–H groups in total. The molecule has 1 unspecified atom stereocenters. The molecule has 0 spiro atoms. The van der Waals surface area contributed by atoms with E-state index in [0.29, 0.717) is 0 Å². The maximum absolute atomic E-state index is 6.09. The molecule has 0 nitrogen and oxygen atoms in total. The van der Waals surface area contributed by atoms with E-state index in [4.69, 9.17) is 11.6 Å². The van der Waals surface area contributed by atoms with Crippen molar-refractivity contribution >= 4 is 54.8 Å². The summed E-state index contributed by atoms with van der Waals surface area (Å²) in [5.41, 5.74) is 2.36. The van der Waals surface area contributed by atoms with Crippen molar-refractivity contribution in [3.05, 3.63) is 55.1 Å². The predicted molar refractivity (Wildman–Crippen MR) is 79.0 cm³/mol. The molecule has 0 amide bonds. The van der Waals surface area contributed by atoms with Gasteiger partial charge in [-0.15, -0.1) is 11.3 Å². The molecule has 0 saturated heterocycles. The molecular formula is C12H9Br2ClS. The van der Waals surface area contributed by atoms with Crippen LogP contribution < -0.4 is 0 Å². The fourth-order valence-electron chi connectivity index (χ4n) is 1.44. The summed E-state index contributed by atoms with van der Waals surface area (Å²) in [5, 5.41) is 0. The van der Waals surface area contributed by atoms with E-state index in [1.807, 2.05) is 25.1 Å². The van der Waals surface area contributed by atoms with Gasteiger partial charge in [-0.1, -0.05) is 61.7 Å². The third kappa shape index (κ3) is 2.53. The number of alkyl halides is 1. The highest BCUT2D eigenvalue weighted by Crippen LogP contribution is 2.41. The van der Waals surface area contributed by atoms with Gasteiger partial charge in [-0.2, -0.15) is 0 Å². The number of aryl methyl sites for hydroxylation is 1. The van der Waals surface area contributed by atoms with Crippen LogP contribution in [0.25, 0.3) is 0 Å². The second kappa shape index (κ2) is 5.21. The van der Waals surface area contributed by atoms with Gasteiger partial charge in [-0.3, -0.25) is 0 Å². The Kier molecular flexibility index (Phi) is 4.11. The minimum atomic E-state index is 0.194. The molecule has 2 rings (SSSR count). The number of rotatable bonds is 2. The normalized spacial score (nSPS) is 12.8. The first-order valence-electron chi connectivity index (χ1n) is 4.74. The Bertz CT molecular complexity index is 488. The second-order valence-electron chi connectivity index (χ2n) is 3.49. The minimum absolute atomic E-state index is 0.194. The summed E-state index contributed by atoms with van der Waals surface area (Å²) in [4.78, 5) is 1.42. The van der Waals surface area contributed by atoms with Crippen LogP contribution in [-0.4, -0.2) is 0 Å². The first kappa shape index (κ1) is 12.6. The Labute approximate surface area is 121 Å². The van der Waals surface area contributed by atoms with Gasteiger partial charge in [0.2, 0.25) is 0 Å². The summed E-state index contributed by atoms with van der Waals surface area (Å²) in [7, 11) is 0. The first-order valence-corrected chi connectivity index (χ1v) is 7.64. The number of benzene rings is 1. The third-order valence-electron chi connectivity index (χ3n) is 2.30. The average Bonchev–Trinajstić information content (AvgIpc) is 2.59. The predicted octanol–water partition coefficient (Wildman–Crippen LogP) is 5.96. The fraction of sp³-hybridized carbons (Fsp3) is 0.167. The fourth-order valence-corrected chi connectivity index (χ4v) is 4.29. The molecule has 84 valence electrons.